The van der Waals surface area contributed by atoms with E-state index in [4.69, 9.17) is 15.2 Å². The normalized spacial score (nSPS) is 10.3. The Balaban J connectivity index is 1.94. The summed E-state index contributed by atoms with van der Waals surface area (Å²) in [4.78, 5) is 0. The average molecular weight is 259 g/mol. The Morgan fingerprint density at radius 3 is 1.74 bits per heavy atom. The van der Waals surface area contributed by atoms with Crippen molar-refractivity contribution < 1.29 is 15.2 Å². The van der Waals surface area contributed by atoms with Crippen LogP contribution >= 0.6 is 0 Å². The van der Waals surface area contributed by atoms with Crippen LogP contribution in [0.1, 0.15) is 11.1 Å². The van der Waals surface area contributed by atoms with Crippen LogP contribution in [-0.4, -0.2) is 17.5 Å². The molecule has 0 heterocycles. The quantitative estimate of drug-likeness (QED) is 0.810. The van der Waals surface area contributed by atoms with E-state index in [1.807, 2.05) is 24.3 Å². The van der Waals surface area contributed by atoms with E-state index < -0.39 is 0 Å². The molecule has 0 atom stereocenters. The van der Waals surface area contributed by atoms with Gasteiger partial charge in [0.05, 0.1) is 12.8 Å². The van der Waals surface area contributed by atoms with E-state index in [1.165, 1.54) is 5.56 Å². The van der Waals surface area contributed by atoms with Crippen LogP contribution in [-0.2, 0) is 12.8 Å². The van der Waals surface area contributed by atoms with Gasteiger partial charge in [-0.05, 0) is 48.2 Å². The minimum absolute atomic E-state index is 0.118. The number of ether oxygens (including phenoxy) is 1. The highest BCUT2D eigenvalue weighted by atomic mass is 16.8. The van der Waals surface area contributed by atoms with Gasteiger partial charge in [-0.1, -0.05) is 24.3 Å². The molecule has 19 heavy (non-hydrogen) atoms. The van der Waals surface area contributed by atoms with E-state index >= 15 is 0 Å². The molecule has 0 saturated carbocycles. The highest BCUT2D eigenvalue weighted by molar-refractivity contribution is 5.42. The SMILES string of the molecule is COc1ccc(CCc2ccc(N(O)O)cc2)cc1. The van der Waals surface area contributed by atoms with Gasteiger partial charge in [-0.15, -0.1) is 5.23 Å². The Bertz CT molecular complexity index is 506. The average Bonchev–Trinajstić information content (AvgIpc) is 2.46. The second-order valence-electron chi connectivity index (χ2n) is 4.30. The molecule has 0 spiro atoms. The number of methoxy groups -OCH3 is 1. The van der Waals surface area contributed by atoms with Gasteiger partial charge >= 0.3 is 0 Å². The predicted molar refractivity (Wildman–Crippen MR) is 72.9 cm³/mol. The van der Waals surface area contributed by atoms with Crippen molar-refractivity contribution in [2.45, 2.75) is 12.8 Å². The summed E-state index contributed by atoms with van der Waals surface area (Å²) >= 11 is 0. The molecule has 0 unspecified atom stereocenters. The Morgan fingerprint density at radius 2 is 1.32 bits per heavy atom. The summed E-state index contributed by atoms with van der Waals surface area (Å²) in [6.07, 6.45) is 1.84. The van der Waals surface area contributed by atoms with Gasteiger partial charge in [-0.25, -0.2) is 0 Å². The van der Waals surface area contributed by atoms with Gasteiger partial charge in [-0.2, -0.15) is 0 Å². The molecule has 0 aromatic heterocycles. The number of anilines is 1. The van der Waals surface area contributed by atoms with E-state index in [0.29, 0.717) is 5.69 Å². The van der Waals surface area contributed by atoms with Crippen molar-refractivity contribution in [2.24, 2.45) is 0 Å². The van der Waals surface area contributed by atoms with E-state index in [-0.39, 0.29) is 5.23 Å². The first kappa shape index (κ1) is 13.4. The second kappa shape index (κ2) is 6.22. The summed E-state index contributed by atoms with van der Waals surface area (Å²) in [7, 11) is 1.65. The molecular formula is C15H17NO3. The van der Waals surface area contributed by atoms with Crippen molar-refractivity contribution >= 4 is 5.69 Å². The van der Waals surface area contributed by atoms with Crippen molar-refractivity contribution in [2.75, 3.05) is 12.3 Å². The Hall–Kier alpha value is -2.04. The Kier molecular flexibility index (Phi) is 4.39. The lowest BCUT2D eigenvalue weighted by atomic mass is 10.0. The fourth-order valence-electron chi connectivity index (χ4n) is 1.88. The van der Waals surface area contributed by atoms with Gasteiger partial charge in [0, 0.05) is 0 Å². The summed E-state index contributed by atoms with van der Waals surface area (Å²) in [5.74, 6) is 0.860. The lowest BCUT2D eigenvalue weighted by Crippen LogP contribution is -2.10. The topological polar surface area (TPSA) is 52.9 Å². The molecule has 0 amide bonds. The van der Waals surface area contributed by atoms with Gasteiger partial charge in [0.15, 0.2) is 0 Å². The maximum absolute atomic E-state index is 8.85. The number of nitrogens with zero attached hydrogens (tertiary/aromatic N) is 1. The van der Waals surface area contributed by atoms with Gasteiger partial charge in [0.1, 0.15) is 5.75 Å². The van der Waals surface area contributed by atoms with Crippen LogP contribution in [0.4, 0.5) is 5.69 Å². The maximum atomic E-state index is 8.85. The van der Waals surface area contributed by atoms with Crippen LogP contribution in [0.25, 0.3) is 0 Å². The van der Waals surface area contributed by atoms with Gasteiger partial charge in [0.25, 0.3) is 0 Å². The fourth-order valence-corrected chi connectivity index (χ4v) is 1.88. The molecule has 100 valence electrons. The number of rotatable bonds is 5. The molecule has 0 saturated heterocycles. The smallest absolute Gasteiger partial charge is 0.118 e. The Morgan fingerprint density at radius 1 is 0.842 bits per heavy atom. The van der Waals surface area contributed by atoms with E-state index in [9.17, 15) is 0 Å². The van der Waals surface area contributed by atoms with Gasteiger partial charge < -0.3 is 4.74 Å². The van der Waals surface area contributed by atoms with Crippen molar-refractivity contribution in [1.29, 1.82) is 0 Å². The highest BCUT2D eigenvalue weighted by Gasteiger charge is 2.00. The third kappa shape index (κ3) is 3.71. The van der Waals surface area contributed by atoms with Gasteiger partial charge in [0.2, 0.25) is 0 Å². The van der Waals surface area contributed by atoms with Crippen LogP contribution in [0.15, 0.2) is 48.5 Å². The predicted octanol–water partition coefficient (Wildman–Crippen LogP) is 3.07. The first-order chi connectivity index (χ1) is 9.19. The molecule has 0 radical (unpaired) electrons. The molecular weight excluding hydrogens is 242 g/mol. The highest BCUT2D eigenvalue weighted by Crippen LogP contribution is 2.15. The van der Waals surface area contributed by atoms with Crippen LogP contribution in [0, 0.1) is 0 Å². The Labute approximate surface area is 112 Å². The number of aryl methyl sites for hydroxylation is 2. The lowest BCUT2D eigenvalue weighted by Gasteiger charge is -2.08. The summed E-state index contributed by atoms with van der Waals surface area (Å²) in [6.45, 7) is 0. The second-order valence-corrected chi connectivity index (χ2v) is 4.30. The van der Waals surface area contributed by atoms with Crippen molar-refractivity contribution in [3.8, 4) is 5.75 Å². The molecule has 4 nitrogen and oxygen atoms in total. The number of hydrogen-bond donors (Lipinski definition) is 2. The molecule has 0 fully saturated rings. The first-order valence-electron chi connectivity index (χ1n) is 6.09. The van der Waals surface area contributed by atoms with Gasteiger partial charge in [-0.3, -0.25) is 10.4 Å². The molecule has 0 aliphatic heterocycles. The standard InChI is InChI=1S/C15H17NO3/c1-19-15-10-6-13(7-11-15)3-2-12-4-8-14(9-5-12)16(17)18/h4-11,17-18H,2-3H2,1H3. The zero-order valence-corrected chi connectivity index (χ0v) is 10.8. The van der Waals surface area contributed by atoms with E-state index in [0.717, 1.165) is 24.2 Å². The zero-order chi connectivity index (χ0) is 13.7. The molecule has 4 heteroatoms. The van der Waals surface area contributed by atoms with E-state index in [2.05, 4.69) is 12.1 Å². The lowest BCUT2D eigenvalue weighted by molar-refractivity contribution is 0.0291. The van der Waals surface area contributed by atoms with Crippen LogP contribution in [0.5, 0.6) is 5.75 Å². The summed E-state index contributed by atoms with van der Waals surface area (Å²) in [6, 6.07) is 15.1. The van der Waals surface area contributed by atoms with Crippen molar-refractivity contribution in [1.82, 2.24) is 0 Å². The van der Waals surface area contributed by atoms with Crippen LogP contribution in [0.2, 0.25) is 0 Å². The zero-order valence-electron chi connectivity index (χ0n) is 10.8. The summed E-state index contributed by atoms with van der Waals surface area (Å²) in [5.41, 5.74) is 2.76. The first-order valence-corrected chi connectivity index (χ1v) is 6.09. The van der Waals surface area contributed by atoms with E-state index in [1.54, 1.807) is 19.2 Å². The van der Waals surface area contributed by atoms with Crippen molar-refractivity contribution in [3.63, 3.8) is 0 Å². The monoisotopic (exact) mass is 259 g/mol. The molecule has 2 rings (SSSR count). The van der Waals surface area contributed by atoms with Crippen molar-refractivity contribution in [3.05, 3.63) is 59.7 Å². The summed E-state index contributed by atoms with van der Waals surface area (Å²) < 4.78 is 5.12. The van der Waals surface area contributed by atoms with Crippen LogP contribution < -0.4 is 9.96 Å². The number of benzene rings is 2. The molecule has 0 aliphatic carbocycles. The number of hydrogen-bond acceptors (Lipinski definition) is 4. The summed E-state index contributed by atoms with van der Waals surface area (Å²) in [5, 5.41) is 17.8. The maximum Gasteiger partial charge on any atom is 0.118 e. The minimum atomic E-state index is 0.118. The fraction of sp³-hybridized carbons (Fsp3) is 0.200. The third-order valence-electron chi connectivity index (χ3n) is 3.03. The largest absolute Gasteiger partial charge is 0.497 e. The van der Waals surface area contributed by atoms with Crippen LogP contribution in [0.3, 0.4) is 0 Å². The third-order valence-corrected chi connectivity index (χ3v) is 3.03. The molecule has 0 aliphatic rings. The molecule has 0 bridgehead atoms. The molecule has 2 aromatic carbocycles. The molecule has 2 N–H and O–H groups in total. The molecule has 2 aromatic rings. The minimum Gasteiger partial charge on any atom is -0.497 e.